The zero-order valence-corrected chi connectivity index (χ0v) is 14.6. The predicted octanol–water partition coefficient (Wildman–Crippen LogP) is 1.89. The Morgan fingerprint density at radius 3 is 2.57 bits per heavy atom. The molecule has 1 atom stereocenters. The van der Waals surface area contributed by atoms with Crippen molar-refractivity contribution in [2.75, 3.05) is 31.1 Å². The van der Waals surface area contributed by atoms with Gasteiger partial charge in [-0.25, -0.2) is 0 Å². The minimum absolute atomic E-state index is 0. The highest BCUT2D eigenvalue weighted by molar-refractivity contribution is 6.00. The Morgan fingerprint density at radius 2 is 1.91 bits per heavy atom. The van der Waals surface area contributed by atoms with E-state index >= 15 is 0 Å². The number of hydrogen-bond acceptors (Lipinski definition) is 3. The van der Waals surface area contributed by atoms with Crippen LogP contribution in [0.5, 0.6) is 0 Å². The zero-order valence-electron chi connectivity index (χ0n) is 13.8. The van der Waals surface area contributed by atoms with Gasteiger partial charge in [-0.1, -0.05) is 24.6 Å². The molecule has 1 aliphatic heterocycles. The SMILES string of the molecule is CCCNCCNC(=O)C1CC(=O)N(c2ccc(C)cc2)C1.Cl. The van der Waals surface area contributed by atoms with Gasteiger partial charge in [0.25, 0.3) is 0 Å². The van der Waals surface area contributed by atoms with Gasteiger partial charge in [0.05, 0.1) is 5.92 Å². The lowest BCUT2D eigenvalue weighted by molar-refractivity contribution is -0.126. The third-order valence-corrected chi connectivity index (χ3v) is 3.87. The Labute approximate surface area is 144 Å². The Bertz CT molecular complexity index is 519. The Morgan fingerprint density at radius 1 is 1.22 bits per heavy atom. The van der Waals surface area contributed by atoms with Crippen molar-refractivity contribution < 1.29 is 9.59 Å². The first-order valence-electron chi connectivity index (χ1n) is 7.97. The van der Waals surface area contributed by atoms with E-state index in [4.69, 9.17) is 0 Å². The third kappa shape index (κ3) is 5.52. The van der Waals surface area contributed by atoms with Crippen molar-refractivity contribution >= 4 is 29.9 Å². The van der Waals surface area contributed by atoms with Crippen molar-refractivity contribution in [3.63, 3.8) is 0 Å². The normalized spacial score (nSPS) is 17.0. The lowest BCUT2D eigenvalue weighted by Gasteiger charge is -2.17. The molecule has 1 aliphatic rings. The summed E-state index contributed by atoms with van der Waals surface area (Å²) in [5, 5.41) is 6.14. The summed E-state index contributed by atoms with van der Waals surface area (Å²) in [5.74, 6) is -0.255. The van der Waals surface area contributed by atoms with Crippen LogP contribution in [0, 0.1) is 12.8 Å². The molecule has 0 spiro atoms. The smallest absolute Gasteiger partial charge is 0.227 e. The van der Waals surface area contributed by atoms with E-state index < -0.39 is 0 Å². The molecule has 0 saturated carbocycles. The number of benzene rings is 1. The van der Waals surface area contributed by atoms with Crippen LogP contribution >= 0.6 is 12.4 Å². The highest BCUT2D eigenvalue weighted by Crippen LogP contribution is 2.25. The maximum absolute atomic E-state index is 12.1. The molecular formula is C17H26ClN3O2. The monoisotopic (exact) mass is 339 g/mol. The lowest BCUT2D eigenvalue weighted by Crippen LogP contribution is -2.37. The van der Waals surface area contributed by atoms with Gasteiger partial charge in [0.1, 0.15) is 0 Å². The summed E-state index contributed by atoms with van der Waals surface area (Å²) < 4.78 is 0. The number of rotatable bonds is 7. The fourth-order valence-corrected chi connectivity index (χ4v) is 2.58. The molecule has 5 nitrogen and oxygen atoms in total. The molecule has 1 saturated heterocycles. The van der Waals surface area contributed by atoms with Crippen LogP contribution in [0.2, 0.25) is 0 Å². The zero-order chi connectivity index (χ0) is 15.9. The van der Waals surface area contributed by atoms with E-state index in [1.807, 2.05) is 31.2 Å². The minimum Gasteiger partial charge on any atom is -0.355 e. The number of carbonyl (C=O) groups excluding carboxylic acids is 2. The van der Waals surface area contributed by atoms with Crippen molar-refractivity contribution in [2.45, 2.75) is 26.7 Å². The van der Waals surface area contributed by atoms with Crippen molar-refractivity contribution in [3.05, 3.63) is 29.8 Å². The first kappa shape index (κ1) is 19.5. The predicted molar refractivity (Wildman–Crippen MR) is 95.1 cm³/mol. The van der Waals surface area contributed by atoms with E-state index in [9.17, 15) is 9.59 Å². The topological polar surface area (TPSA) is 61.4 Å². The van der Waals surface area contributed by atoms with Crippen molar-refractivity contribution in [3.8, 4) is 0 Å². The molecule has 1 aromatic carbocycles. The second kappa shape index (κ2) is 9.53. The molecule has 1 unspecified atom stereocenters. The largest absolute Gasteiger partial charge is 0.355 e. The standard InChI is InChI=1S/C17H25N3O2.ClH/c1-3-8-18-9-10-19-17(22)14-11-16(21)20(12-14)15-6-4-13(2)5-7-15;/h4-7,14,18H,3,8-12H2,1-2H3,(H,19,22);1H. The lowest BCUT2D eigenvalue weighted by atomic mass is 10.1. The van der Waals surface area contributed by atoms with Gasteiger partial charge in [-0.2, -0.15) is 0 Å². The second-order valence-electron chi connectivity index (χ2n) is 5.78. The Balaban J connectivity index is 0.00000264. The molecule has 1 aromatic rings. The summed E-state index contributed by atoms with van der Waals surface area (Å²) in [6.07, 6.45) is 1.37. The van der Waals surface area contributed by atoms with Gasteiger partial charge in [0, 0.05) is 31.7 Å². The van der Waals surface area contributed by atoms with Gasteiger partial charge < -0.3 is 15.5 Å². The van der Waals surface area contributed by atoms with Gasteiger partial charge >= 0.3 is 0 Å². The fourth-order valence-electron chi connectivity index (χ4n) is 2.58. The van der Waals surface area contributed by atoms with Crippen LogP contribution in [-0.2, 0) is 9.59 Å². The van der Waals surface area contributed by atoms with Gasteiger partial charge in [0.2, 0.25) is 11.8 Å². The maximum Gasteiger partial charge on any atom is 0.227 e. The molecular weight excluding hydrogens is 314 g/mol. The van der Waals surface area contributed by atoms with Gasteiger partial charge in [-0.15, -0.1) is 12.4 Å². The Kier molecular flexibility index (Phi) is 8.06. The summed E-state index contributed by atoms with van der Waals surface area (Å²) >= 11 is 0. The molecule has 2 N–H and O–H groups in total. The summed E-state index contributed by atoms with van der Waals surface area (Å²) in [6.45, 7) is 6.92. The van der Waals surface area contributed by atoms with E-state index in [0.29, 0.717) is 19.5 Å². The third-order valence-electron chi connectivity index (χ3n) is 3.87. The number of anilines is 1. The minimum atomic E-state index is -0.250. The molecule has 6 heteroatoms. The number of carbonyl (C=O) groups is 2. The molecule has 128 valence electrons. The van der Waals surface area contributed by atoms with Gasteiger partial charge in [-0.3, -0.25) is 9.59 Å². The first-order chi connectivity index (χ1) is 10.6. The number of hydrogen-bond donors (Lipinski definition) is 2. The average molecular weight is 340 g/mol. The second-order valence-corrected chi connectivity index (χ2v) is 5.78. The summed E-state index contributed by atoms with van der Waals surface area (Å²) in [7, 11) is 0. The van der Waals surface area contributed by atoms with E-state index in [0.717, 1.165) is 30.8 Å². The molecule has 1 fully saturated rings. The fraction of sp³-hybridized carbons (Fsp3) is 0.529. The number of nitrogens with zero attached hydrogens (tertiary/aromatic N) is 1. The molecule has 0 aliphatic carbocycles. The van der Waals surface area contributed by atoms with Crippen molar-refractivity contribution in [1.29, 1.82) is 0 Å². The molecule has 0 bridgehead atoms. The van der Waals surface area contributed by atoms with Crippen LogP contribution in [0.1, 0.15) is 25.3 Å². The van der Waals surface area contributed by atoms with Crippen molar-refractivity contribution in [2.24, 2.45) is 5.92 Å². The summed E-state index contributed by atoms with van der Waals surface area (Å²) in [4.78, 5) is 26.0. The van der Waals surface area contributed by atoms with Crippen LogP contribution in [0.3, 0.4) is 0 Å². The molecule has 1 heterocycles. The maximum atomic E-state index is 12.1. The number of amides is 2. The van der Waals surface area contributed by atoms with Crippen LogP contribution in [0.25, 0.3) is 0 Å². The summed E-state index contributed by atoms with van der Waals surface area (Å²) in [5.41, 5.74) is 2.03. The molecule has 0 aromatic heterocycles. The van der Waals surface area contributed by atoms with E-state index in [1.54, 1.807) is 4.90 Å². The van der Waals surface area contributed by atoms with Crippen LogP contribution in [0.4, 0.5) is 5.69 Å². The highest BCUT2D eigenvalue weighted by atomic mass is 35.5. The van der Waals surface area contributed by atoms with Crippen LogP contribution < -0.4 is 15.5 Å². The van der Waals surface area contributed by atoms with E-state index in [2.05, 4.69) is 17.6 Å². The number of nitrogens with one attached hydrogen (secondary N) is 2. The van der Waals surface area contributed by atoms with Crippen LogP contribution in [0.15, 0.2) is 24.3 Å². The van der Waals surface area contributed by atoms with E-state index in [1.165, 1.54) is 0 Å². The Hall–Kier alpha value is -1.59. The first-order valence-corrected chi connectivity index (χ1v) is 7.97. The quantitative estimate of drug-likeness (QED) is 0.746. The van der Waals surface area contributed by atoms with Gasteiger partial charge in [0.15, 0.2) is 0 Å². The molecule has 23 heavy (non-hydrogen) atoms. The molecule has 2 rings (SSSR count). The average Bonchev–Trinajstić information content (AvgIpc) is 2.90. The highest BCUT2D eigenvalue weighted by Gasteiger charge is 2.34. The van der Waals surface area contributed by atoms with Gasteiger partial charge in [-0.05, 0) is 32.0 Å². The van der Waals surface area contributed by atoms with Crippen LogP contribution in [-0.4, -0.2) is 38.0 Å². The molecule has 0 radical (unpaired) electrons. The number of aryl methyl sites for hydroxylation is 1. The molecule has 2 amide bonds. The summed E-state index contributed by atoms with van der Waals surface area (Å²) in [6, 6.07) is 7.83. The number of halogens is 1. The van der Waals surface area contributed by atoms with Crippen molar-refractivity contribution in [1.82, 2.24) is 10.6 Å². The van der Waals surface area contributed by atoms with E-state index in [-0.39, 0.29) is 30.1 Å².